The van der Waals surface area contributed by atoms with Gasteiger partial charge in [0.15, 0.2) is 5.78 Å². The number of rotatable bonds is 10. The van der Waals surface area contributed by atoms with E-state index < -0.39 is 11.5 Å². The highest BCUT2D eigenvalue weighted by molar-refractivity contribution is 9.09. The monoisotopic (exact) mass is 461 g/mol. The predicted octanol–water partition coefficient (Wildman–Crippen LogP) is 6.08. The Hall–Kier alpha value is -2.67. The molecule has 6 nitrogen and oxygen atoms in total. The van der Waals surface area contributed by atoms with E-state index in [1.165, 1.54) is 30.3 Å². The number of unbranched alkanes of at least 4 members (excludes halogenated alkanes) is 1. The molecule has 0 unspecified atom stereocenters. The third-order valence-electron chi connectivity index (χ3n) is 4.44. The largest absolute Gasteiger partial charge is 0.494 e. The molecule has 0 amide bonds. The lowest BCUT2D eigenvalue weighted by molar-refractivity contribution is -0.384. The van der Waals surface area contributed by atoms with E-state index in [9.17, 15) is 14.9 Å². The molecule has 3 aromatic rings. The van der Waals surface area contributed by atoms with E-state index in [-0.39, 0.29) is 17.9 Å². The third-order valence-corrected chi connectivity index (χ3v) is 4.84. The summed E-state index contributed by atoms with van der Waals surface area (Å²) < 4.78 is 26.9. The van der Waals surface area contributed by atoms with Crippen LogP contribution in [-0.2, 0) is 6.42 Å². The molecule has 0 saturated carbocycles. The van der Waals surface area contributed by atoms with Crippen molar-refractivity contribution in [2.24, 2.45) is 0 Å². The van der Waals surface area contributed by atoms with Gasteiger partial charge < -0.3 is 9.15 Å². The highest BCUT2D eigenvalue weighted by Gasteiger charge is 2.23. The quantitative estimate of drug-likeness (QED) is 0.158. The second kappa shape index (κ2) is 9.69. The zero-order valence-corrected chi connectivity index (χ0v) is 17.5. The normalized spacial score (nSPS) is 12.5. The Labute approximate surface area is 179 Å². The maximum absolute atomic E-state index is 13.3. The summed E-state index contributed by atoms with van der Waals surface area (Å²) >= 11 is 3.19. The second-order valence-electron chi connectivity index (χ2n) is 6.48. The minimum absolute atomic E-state index is 0.109. The minimum Gasteiger partial charge on any atom is -0.494 e. The number of ether oxygens (including phenoxy) is 1. The van der Waals surface area contributed by atoms with E-state index in [4.69, 9.17) is 11.9 Å². The van der Waals surface area contributed by atoms with Gasteiger partial charge in [-0.15, -0.1) is 0 Å². The van der Waals surface area contributed by atoms with Crippen molar-refractivity contribution >= 4 is 38.4 Å². The van der Waals surface area contributed by atoms with Crippen molar-refractivity contribution < 1.29 is 21.6 Å². The van der Waals surface area contributed by atoms with Gasteiger partial charge in [0.1, 0.15) is 17.1 Å². The lowest BCUT2D eigenvalue weighted by Gasteiger charge is -2.07. The second-order valence-corrected chi connectivity index (χ2v) is 7.27. The smallest absolute Gasteiger partial charge is 0.270 e. The van der Waals surface area contributed by atoms with E-state index in [1.54, 1.807) is 12.1 Å². The Balaban J connectivity index is 1.98. The van der Waals surface area contributed by atoms with Crippen LogP contribution >= 0.6 is 15.9 Å². The van der Waals surface area contributed by atoms with E-state index in [0.29, 0.717) is 45.4 Å². The van der Waals surface area contributed by atoms with Crippen LogP contribution in [0.2, 0.25) is 0 Å². The molecule has 0 atom stereocenters. The number of nitrogens with zero attached hydrogens (tertiary/aromatic N) is 1. The molecule has 1 heterocycles. The number of non-ortho nitro benzene ring substituents is 1. The molecule has 0 saturated heterocycles. The molecular weight excluding hydrogens is 438 g/mol. The first kappa shape index (κ1) is 18.4. The number of alkyl halides is 1. The fourth-order valence-corrected chi connectivity index (χ4v) is 3.17. The molecule has 0 aliphatic rings. The molecule has 1 aromatic heterocycles. The van der Waals surface area contributed by atoms with Crippen molar-refractivity contribution in [1.82, 2.24) is 0 Å². The molecule has 0 spiro atoms. The van der Waals surface area contributed by atoms with Gasteiger partial charge in [-0.2, -0.15) is 0 Å². The summed E-state index contributed by atoms with van der Waals surface area (Å²) in [5.41, 5.74) is 1.01. The SMILES string of the molecule is [2H]C([2H])(CCBr)Oc1ccc(C(=O)c2c(CCCC)oc3ccc([N+](=O)[O-])cc23)cc1. The Morgan fingerprint density at radius 3 is 2.66 bits per heavy atom. The first-order valence-electron chi connectivity index (χ1n) is 10.4. The maximum Gasteiger partial charge on any atom is 0.270 e. The Morgan fingerprint density at radius 2 is 2.00 bits per heavy atom. The number of ketones is 1. The summed E-state index contributed by atoms with van der Waals surface area (Å²) in [6, 6.07) is 10.4. The van der Waals surface area contributed by atoms with Crippen LogP contribution < -0.4 is 4.74 Å². The number of nitro groups is 1. The fourth-order valence-electron chi connectivity index (χ4n) is 3.00. The van der Waals surface area contributed by atoms with Crippen molar-refractivity contribution in [1.29, 1.82) is 0 Å². The van der Waals surface area contributed by atoms with Gasteiger partial charge in [-0.3, -0.25) is 14.9 Å². The Bertz CT molecular complexity index is 1100. The van der Waals surface area contributed by atoms with Gasteiger partial charge in [0.25, 0.3) is 5.69 Å². The molecule has 0 N–H and O–H groups in total. The van der Waals surface area contributed by atoms with Gasteiger partial charge in [-0.1, -0.05) is 29.3 Å². The Kier molecular flexibility index (Phi) is 6.14. The van der Waals surface area contributed by atoms with E-state index in [0.717, 1.165) is 12.8 Å². The van der Waals surface area contributed by atoms with Crippen molar-refractivity contribution in [3.63, 3.8) is 0 Å². The summed E-state index contributed by atoms with van der Waals surface area (Å²) in [5, 5.41) is 12.1. The zero-order valence-electron chi connectivity index (χ0n) is 17.9. The number of benzene rings is 2. The lowest BCUT2D eigenvalue weighted by Crippen LogP contribution is -2.04. The van der Waals surface area contributed by atoms with Crippen LogP contribution in [0.3, 0.4) is 0 Å². The minimum atomic E-state index is -1.83. The van der Waals surface area contributed by atoms with Crippen molar-refractivity contribution in [3.05, 3.63) is 69.5 Å². The maximum atomic E-state index is 13.3. The first-order chi connectivity index (χ1) is 14.8. The molecule has 0 radical (unpaired) electrons. The van der Waals surface area contributed by atoms with Gasteiger partial charge in [0.2, 0.25) is 0 Å². The number of carbonyl (C=O) groups excluding carboxylic acids is 1. The number of hydrogen-bond donors (Lipinski definition) is 0. The molecule has 0 fully saturated rings. The summed E-state index contributed by atoms with van der Waals surface area (Å²) in [5.74, 6) is 0.512. The topological polar surface area (TPSA) is 82.6 Å². The molecule has 0 bridgehead atoms. The summed E-state index contributed by atoms with van der Waals surface area (Å²) in [4.78, 5) is 24.0. The molecule has 2 aromatic carbocycles. The molecule has 0 aliphatic heterocycles. The number of furan rings is 1. The van der Waals surface area contributed by atoms with Crippen molar-refractivity contribution in [3.8, 4) is 5.75 Å². The Morgan fingerprint density at radius 1 is 1.24 bits per heavy atom. The van der Waals surface area contributed by atoms with Gasteiger partial charge in [0, 0.05) is 34.8 Å². The van der Waals surface area contributed by atoms with Gasteiger partial charge in [0.05, 0.1) is 19.8 Å². The predicted molar refractivity (Wildman–Crippen MR) is 115 cm³/mol. The number of halogens is 1. The third kappa shape index (κ3) is 4.85. The van der Waals surface area contributed by atoms with E-state index >= 15 is 0 Å². The fraction of sp³-hybridized carbons (Fsp3) is 0.318. The average molecular weight is 462 g/mol. The van der Waals surface area contributed by atoms with Crippen LogP contribution in [0.4, 0.5) is 5.69 Å². The van der Waals surface area contributed by atoms with Crippen LogP contribution in [-0.4, -0.2) is 22.6 Å². The van der Waals surface area contributed by atoms with E-state index in [1.807, 2.05) is 6.92 Å². The number of hydrogen-bond acceptors (Lipinski definition) is 5. The molecular formula is C22H22BrNO5. The first-order valence-corrected chi connectivity index (χ1v) is 10.5. The highest BCUT2D eigenvalue weighted by Crippen LogP contribution is 2.32. The number of nitro benzene ring substituents is 1. The van der Waals surface area contributed by atoms with Crippen molar-refractivity contribution in [2.75, 3.05) is 11.9 Å². The number of fused-ring (bicyclic) bond motifs is 1. The summed E-state index contributed by atoms with van der Waals surface area (Å²) in [7, 11) is 0. The molecule has 29 heavy (non-hydrogen) atoms. The van der Waals surface area contributed by atoms with Gasteiger partial charge in [-0.05, 0) is 43.2 Å². The van der Waals surface area contributed by atoms with Crippen LogP contribution in [0.1, 0.15) is 50.6 Å². The lowest BCUT2D eigenvalue weighted by atomic mass is 9.98. The van der Waals surface area contributed by atoms with Crippen LogP contribution in [0.5, 0.6) is 5.75 Å². The molecule has 3 rings (SSSR count). The average Bonchev–Trinajstić information content (AvgIpc) is 3.09. The van der Waals surface area contributed by atoms with Crippen LogP contribution in [0.25, 0.3) is 11.0 Å². The van der Waals surface area contributed by atoms with Crippen LogP contribution in [0.15, 0.2) is 46.9 Å². The standard InChI is InChI=1S/C22H22BrNO5/c1-2-3-5-20-21(18-14-16(24(26)27)8-11-19(18)29-20)22(25)15-6-9-17(10-7-15)28-13-4-12-23/h6-11,14H,2-5,12-13H2,1H3/i13D2. The van der Waals surface area contributed by atoms with Crippen LogP contribution in [0, 0.1) is 10.1 Å². The number of aryl methyl sites for hydroxylation is 1. The number of carbonyl (C=O) groups is 1. The van der Waals surface area contributed by atoms with Gasteiger partial charge >= 0.3 is 0 Å². The summed E-state index contributed by atoms with van der Waals surface area (Å²) in [6.45, 7) is 0.198. The summed E-state index contributed by atoms with van der Waals surface area (Å²) in [6.07, 6.45) is 2.45. The highest BCUT2D eigenvalue weighted by atomic mass is 79.9. The molecule has 152 valence electrons. The zero-order chi connectivity index (χ0) is 22.6. The molecule has 0 aliphatic carbocycles. The van der Waals surface area contributed by atoms with E-state index in [2.05, 4.69) is 15.9 Å². The van der Waals surface area contributed by atoms with Gasteiger partial charge in [-0.25, -0.2) is 0 Å². The molecule has 7 heteroatoms. The van der Waals surface area contributed by atoms with Crippen molar-refractivity contribution in [2.45, 2.75) is 32.6 Å².